The summed E-state index contributed by atoms with van der Waals surface area (Å²) in [5.74, 6) is -9.34. The van der Waals surface area contributed by atoms with Crippen LogP contribution in [0.3, 0.4) is 0 Å². The maximum absolute atomic E-state index is 13.8. The molecule has 1 aliphatic heterocycles. The first-order valence-electron chi connectivity index (χ1n) is 6.45. The third-order valence-corrected chi connectivity index (χ3v) is 3.56. The van der Waals surface area contributed by atoms with Gasteiger partial charge in [0.2, 0.25) is 5.82 Å². The molecule has 0 bridgehead atoms. The maximum atomic E-state index is 13.8. The third-order valence-electron chi connectivity index (χ3n) is 3.56. The number of nitrogens with one attached hydrogen (secondary N) is 1. The van der Waals surface area contributed by atoms with Crippen LogP contribution in [0.2, 0.25) is 0 Å². The van der Waals surface area contributed by atoms with Crippen LogP contribution in [0.4, 0.5) is 22.0 Å². The third kappa shape index (κ3) is 3.82. The Bertz CT molecular complexity index is 481. The number of piperazine rings is 1. The summed E-state index contributed by atoms with van der Waals surface area (Å²) in [6.45, 7) is 3.89. The molecular formula is C13H17Cl2F5N2. The van der Waals surface area contributed by atoms with Crippen molar-refractivity contribution in [1.82, 2.24) is 10.2 Å². The van der Waals surface area contributed by atoms with Gasteiger partial charge < -0.3 is 5.32 Å². The maximum Gasteiger partial charge on any atom is 0.200 e. The van der Waals surface area contributed by atoms with E-state index in [1.54, 1.807) is 11.8 Å². The van der Waals surface area contributed by atoms with Crippen LogP contribution in [-0.4, -0.2) is 31.1 Å². The Morgan fingerprint density at radius 1 is 0.864 bits per heavy atom. The topological polar surface area (TPSA) is 15.3 Å². The van der Waals surface area contributed by atoms with Crippen molar-refractivity contribution < 1.29 is 22.0 Å². The lowest BCUT2D eigenvalue weighted by Gasteiger charge is -2.35. The van der Waals surface area contributed by atoms with E-state index >= 15 is 0 Å². The molecule has 1 aliphatic rings. The highest BCUT2D eigenvalue weighted by molar-refractivity contribution is 5.85. The Morgan fingerprint density at radius 2 is 1.27 bits per heavy atom. The zero-order valence-corrected chi connectivity index (χ0v) is 13.4. The van der Waals surface area contributed by atoms with E-state index < -0.39 is 40.7 Å². The Labute approximate surface area is 137 Å². The number of hydrogen-bond acceptors (Lipinski definition) is 2. The average Bonchev–Trinajstić information content (AvgIpc) is 2.48. The zero-order valence-electron chi connectivity index (χ0n) is 11.8. The number of hydrogen-bond donors (Lipinski definition) is 1. The van der Waals surface area contributed by atoms with Crippen molar-refractivity contribution in [3.8, 4) is 0 Å². The molecule has 0 radical (unpaired) electrons. The summed E-state index contributed by atoms with van der Waals surface area (Å²) in [5.41, 5.74) is -0.731. The Morgan fingerprint density at radius 3 is 1.68 bits per heavy atom. The highest BCUT2D eigenvalue weighted by atomic mass is 35.5. The highest BCUT2D eigenvalue weighted by Gasteiger charge is 2.32. The van der Waals surface area contributed by atoms with Gasteiger partial charge in [-0.3, -0.25) is 4.90 Å². The molecule has 9 heteroatoms. The molecule has 2 nitrogen and oxygen atoms in total. The summed E-state index contributed by atoms with van der Waals surface area (Å²) in [7, 11) is 0. The molecule has 0 aliphatic carbocycles. The highest BCUT2D eigenvalue weighted by Crippen LogP contribution is 2.33. The quantitative estimate of drug-likeness (QED) is 0.499. The van der Waals surface area contributed by atoms with E-state index in [2.05, 4.69) is 5.32 Å². The molecule has 1 fully saturated rings. The smallest absolute Gasteiger partial charge is 0.200 e. The second-order valence-electron chi connectivity index (χ2n) is 4.69. The fourth-order valence-electron chi connectivity index (χ4n) is 2.55. The second kappa shape index (κ2) is 8.86. The number of halogens is 7. The van der Waals surface area contributed by atoms with Gasteiger partial charge in [0, 0.05) is 37.8 Å². The summed E-state index contributed by atoms with van der Waals surface area (Å²) >= 11 is 0. The van der Waals surface area contributed by atoms with Gasteiger partial charge in [-0.25, -0.2) is 22.0 Å². The molecule has 0 unspecified atom stereocenters. The van der Waals surface area contributed by atoms with Crippen molar-refractivity contribution in [3.05, 3.63) is 34.6 Å². The van der Waals surface area contributed by atoms with Gasteiger partial charge >= 0.3 is 0 Å². The Hall–Kier alpha value is -0.630. The van der Waals surface area contributed by atoms with E-state index in [1.165, 1.54) is 0 Å². The SMILES string of the molecule is CC[C@H](c1c(F)c(F)c(F)c(F)c1F)N1CCNCC1.Cl.Cl. The van der Waals surface area contributed by atoms with Gasteiger partial charge in [-0.2, -0.15) is 0 Å². The molecule has 2 rings (SSSR count). The molecule has 22 heavy (non-hydrogen) atoms. The monoisotopic (exact) mass is 366 g/mol. The Balaban J connectivity index is 0.00000220. The van der Waals surface area contributed by atoms with Gasteiger partial charge in [-0.15, -0.1) is 24.8 Å². The van der Waals surface area contributed by atoms with Gasteiger partial charge in [0.25, 0.3) is 0 Å². The minimum absolute atomic E-state index is 0. The first-order chi connectivity index (χ1) is 9.49. The van der Waals surface area contributed by atoms with Gasteiger partial charge in [-0.1, -0.05) is 6.92 Å². The summed E-state index contributed by atoms with van der Waals surface area (Å²) in [6, 6.07) is -0.818. The number of nitrogens with zero attached hydrogens (tertiary/aromatic N) is 1. The molecule has 0 saturated carbocycles. The van der Waals surface area contributed by atoms with Crippen LogP contribution in [0.25, 0.3) is 0 Å². The summed E-state index contributed by atoms with van der Waals surface area (Å²) in [6.07, 6.45) is 0.262. The van der Waals surface area contributed by atoms with E-state index in [9.17, 15) is 22.0 Å². The largest absolute Gasteiger partial charge is 0.314 e. The predicted octanol–water partition coefficient (Wildman–Crippen LogP) is 3.58. The zero-order chi connectivity index (χ0) is 14.9. The van der Waals surface area contributed by atoms with Gasteiger partial charge in [0.1, 0.15) is 0 Å². The minimum atomic E-state index is -2.11. The lowest BCUT2D eigenvalue weighted by Crippen LogP contribution is -2.45. The van der Waals surface area contributed by atoms with Crippen molar-refractivity contribution in [2.45, 2.75) is 19.4 Å². The van der Waals surface area contributed by atoms with Crippen molar-refractivity contribution in [3.63, 3.8) is 0 Å². The number of benzene rings is 1. The molecule has 1 N–H and O–H groups in total. The van der Waals surface area contributed by atoms with Crippen molar-refractivity contribution in [2.75, 3.05) is 26.2 Å². The van der Waals surface area contributed by atoms with E-state index in [0.29, 0.717) is 26.2 Å². The molecular weight excluding hydrogens is 350 g/mol. The van der Waals surface area contributed by atoms with E-state index in [4.69, 9.17) is 0 Å². The van der Waals surface area contributed by atoms with E-state index in [-0.39, 0.29) is 31.2 Å². The van der Waals surface area contributed by atoms with E-state index in [0.717, 1.165) is 0 Å². The number of rotatable bonds is 3. The van der Waals surface area contributed by atoms with Gasteiger partial charge in [-0.05, 0) is 6.42 Å². The standard InChI is InChI=1S/C13H15F5N2.2ClH/c1-2-7(20-5-3-19-4-6-20)8-9(14)11(16)13(18)12(17)10(8)15;;/h7,19H,2-6H2,1H3;2*1H/t7-;;/m1../s1. The Kier molecular flexibility index (Phi) is 8.61. The van der Waals surface area contributed by atoms with Gasteiger partial charge in [0.05, 0.1) is 0 Å². The fourth-order valence-corrected chi connectivity index (χ4v) is 2.55. The van der Waals surface area contributed by atoms with Gasteiger partial charge in [0.15, 0.2) is 23.3 Å². The van der Waals surface area contributed by atoms with Crippen molar-refractivity contribution in [1.29, 1.82) is 0 Å². The molecule has 0 amide bonds. The molecule has 0 aromatic heterocycles. The lowest BCUT2D eigenvalue weighted by atomic mass is 9.99. The molecule has 1 saturated heterocycles. The molecule has 1 heterocycles. The molecule has 1 atom stereocenters. The van der Waals surface area contributed by atoms with Crippen LogP contribution in [0, 0.1) is 29.1 Å². The molecule has 128 valence electrons. The summed E-state index contributed by atoms with van der Waals surface area (Å²) in [4.78, 5) is 1.73. The average molecular weight is 367 g/mol. The van der Waals surface area contributed by atoms with Crippen LogP contribution in [0.1, 0.15) is 24.9 Å². The summed E-state index contributed by atoms with van der Waals surface area (Å²) < 4.78 is 67.3. The lowest BCUT2D eigenvalue weighted by molar-refractivity contribution is 0.160. The normalized spacial score (nSPS) is 16.6. The van der Waals surface area contributed by atoms with Crippen LogP contribution < -0.4 is 5.32 Å². The van der Waals surface area contributed by atoms with E-state index in [1.807, 2.05) is 0 Å². The molecule has 0 spiro atoms. The first kappa shape index (κ1) is 21.4. The summed E-state index contributed by atoms with van der Waals surface area (Å²) in [5, 5.41) is 3.07. The molecule has 1 aromatic carbocycles. The second-order valence-corrected chi connectivity index (χ2v) is 4.69. The fraction of sp³-hybridized carbons (Fsp3) is 0.538. The minimum Gasteiger partial charge on any atom is -0.314 e. The van der Waals surface area contributed by atoms with Crippen LogP contribution in [-0.2, 0) is 0 Å². The molecule has 1 aromatic rings. The van der Waals surface area contributed by atoms with Crippen LogP contribution in [0.15, 0.2) is 0 Å². The van der Waals surface area contributed by atoms with Crippen LogP contribution >= 0.6 is 24.8 Å². The first-order valence-corrected chi connectivity index (χ1v) is 6.45. The van der Waals surface area contributed by atoms with Crippen molar-refractivity contribution >= 4 is 24.8 Å². The van der Waals surface area contributed by atoms with Crippen LogP contribution in [0.5, 0.6) is 0 Å². The predicted molar refractivity (Wildman–Crippen MR) is 78.2 cm³/mol. The van der Waals surface area contributed by atoms with Crippen molar-refractivity contribution in [2.24, 2.45) is 0 Å².